The van der Waals surface area contributed by atoms with E-state index in [0.29, 0.717) is 0 Å². The molecule has 3 rings (SSSR count). The Morgan fingerprint density at radius 1 is 1.09 bits per heavy atom. The third-order valence-corrected chi connectivity index (χ3v) is 3.83. The van der Waals surface area contributed by atoms with E-state index in [1.165, 1.54) is 17.5 Å². The van der Waals surface area contributed by atoms with Crippen molar-refractivity contribution in [3.8, 4) is 5.88 Å². The summed E-state index contributed by atoms with van der Waals surface area (Å²) in [5.41, 5.74) is 1.03. The number of aromatic nitrogens is 1. The lowest BCUT2D eigenvalue weighted by molar-refractivity contribution is 0.126. The molecule has 4 nitrogen and oxygen atoms in total. The zero-order valence-corrected chi connectivity index (χ0v) is 13.7. The third-order valence-electron chi connectivity index (χ3n) is 3.83. The van der Waals surface area contributed by atoms with Crippen LogP contribution in [-0.4, -0.2) is 36.8 Å². The van der Waals surface area contributed by atoms with E-state index < -0.39 is 0 Å². The van der Waals surface area contributed by atoms with Gasteiger partial charge < -0.3 is 15.0 Å². The van der Waals surface area contributed by atoms with Gasteiger partial charge in [0.2, 0.25) is 5.88 Å². The second-order valence-corrected chi connectivity index (χ2v) is 6.79. The summed E-state index contributed by atoms with van der Waals surface area (Å²) in [7, 11) is 0. The summed E-state index contributed by atoms with van der Waals surface area (Å²) in [6, 6.07) is 8.50. The van der Waals surface area contributed by atoms with Crippen LogP contribution in [-0.2, 0) is 0 Å². The quantitative estimate of drug-likeness (QED) is 0.924. The van der Waals surface area contributed by atoms with Gasteiger partial charge in [0.15, 0.2) is 0 Å². The van der Waals surface area contributed by atoms with Crippen LogP contribution in [0.3, 0.4) is 0 Å². The van der Waals surface area contributed by atoms with Crippen molar-refractivity contribution in [1.82, 2.24) is 10.3 Å². The maximum atomic E-state index is 6.04. The standard InChI is InChI=1S/C18H25N3O/c1-18(2,3)22-17-15-6-4-7-16(14(15)8-10-20-17)21-12-5-9-19-11-13-21/h4,6-8,10,19H,5,9,11-13H2,1-3H3. The van der Waals surface area contributed by atoms with E-state index in [2.05, 4.69) is 60.2 Å². The fourth-order valence-corrected chi connectivity index (χ4v) is 2.90. The number of anilines is 1. The largest absolute Gasteiger partial charge is 0.471 e. The van der Waals surface area contributed by atoms with Crippen LogP contribution in [0.1, 0.15) is 27.2 Å². The van der Waals surface area contributed by atoms with E-state index in [9.17, 15) is 0 Å². The van der Waals surface area contributed by atoms with Gasteiger partial charge in [-0.2, -0.15) is 0 Å². The van der Waals surface area contributed by atoms with Gasteiger partial charge in [0.05, 0.1) is 0 Å². The Bertz CT molecular complexity index is 640. The van der Waals surface area contributed by atoms with Crippen LogP contribution in [0.25, 0.3) is 10.8 Å². The van der Waals surface area contributed by atoms with Gasteiger partial charge in [0.25, 0.3) is 0 Å². The van der Waals surface area contributed by atoms with Crippen LogP contribution >= 0.6 is 0 Å². The molecular weight excluding hydrogens is 274 g/mol. The lowest BCUT2D eigenvalue weighted by atomic mass is 10.1. The molecule has 0 atom stereocenters. The van der Waals surface area contributed by atoms with E-state index in [-0.39, 0.29) is 5.60 Å². The van der Waals surface area contributed by atoms with Gasteiger partial charge in [-0.05, 0) is 51.9 Å². The molecule has 0 radical (unpaired) electrons. The number of nitrogens with one attached hydrogen (secondary N) is 1. The molecule has 1 aromatic heterocycles. The summed E-state index contributed by atoms with van der Waals surface area (Å²) in [5.74, 6) is 0.722. The molecule has 0 spiro atoms. The average Bonchev–Trinajstić information content (AvgIpc) is 2.74. The van der Waals surface area contributed by atoms with Crippen molar-refractivity contribution in [2.24, 2.45) is 0 Å². The highest BCUT2D eigenvalue weighted by Crippen LogP contribution is 2.32. The Morgan fingerprint density at radius 3 is 2.77 bits per heavy atom. The number of rotatable bonds is 2. The highest BCUT2D eigenvalue weighted by molar-refractivity contribution is 5.97. The summed E-state index contributed by atoms with van der Waals surface area (Å²) < 4.78 is 6.04. The van der Waals surface area contributed by atoms with Crippen LogP contribution in [0, 0.1) is 0 Å². The van der Waals surface area contributed by atoms with Crippen molar-refractivity contribution in [1.29, 1.82) is 0 Å². The Hall–Kier alpha value is -1.81. The number of hydrogen-bond donors (Lipinski definition) is 1. The smallest absolute Gasteiger partial charge is 0.221 e. The molecule has 0 aliphatic carbocycles. The minimum absolute atomic E-state index is 0.246. The summed E-state index contributed by atoms with van der Waals surface area (Å²) in [6.07, 6.45) is 3.02. The van der Waals surface area contributed by atoms with Gasteiger partial charge in [-0.3, -0.25) is 0 Å². The molecule has 1 saturated heterocycles. The van der Waals surface area contributed by atoms with Crippen molar-refractivity contribution >= 4 is 16.5 Å². The van der Waals surface area contributed by atoms with Crippen molar-refractivity contribution in [2.45, 2.75) is 32.8 Å². The minimum Gasteiger partial charge on any atom is -0.471 e. The molecule has 0 saturated carbocycles. The molecule has 1 aliphatic rings. The van der Waals surface area contributed by atoms with Gasteiger partial charge in [-0.25, -0.2) is 4.98 Å². The maximum absolute atomic E-state index is 6.04. The summed E-state index contributed by atoms with van der Waals surface area (Å²) in [4.78, 5) is 6.91. The molecule has 1 aliphatic heterocycles. The summed E-state index contributed by atoms with van der Waals surface area (Å²) >= 11 is 0. The fourth-order valence-electron chi connectivity index (χ4n) is 2.90. The fraction of sp³-hybridized carbons (Fsp3) is 0.500. The molecular formula is C18H25N3O. The summed E-state index contributed by atoms with van der Waals surface area (Å²) in [5, 5.41) is 5.77. The molecule has 1 N–H and O–H groups in total. The first kappa shape index (κ1) is 15.1. The Kier molecular flexibility index (Phi) is 4.21. The highest BCUT2D eigenvalue weighted by Gasteiger charge is 2.17. The van der Waals surface area contributed by atoms with Crippen LogP contribution in [0.15, 0.2) is 30.5 Å². The lowest BCUT2D eigenvalue weighted by Crippen LogP contribution is -2.28. The number of nitrogens with zero attached hydrogens (tertiary/aromatic N) is 2. The first-order valence-corrected chi connectivity index (χ1v) is 8.07. The molecule has 4 heteroatoms. The van der Waals surface area contributed by atoms with Crippen molar-refractivity contribution in [3.05, 3.63) is 30.5 Å². The first-order valence-electron chi connectivity index (χ1n) is 8.07. The minimum atomic E-state index is -0.246. The van der Waals surface area contributed by atoms with Crippen molar-refractivity contribution in [2.75, 3.05) is 31.1 Å². The van der Waals surface area contributed by atoms with Gasteiger partial charge in [-0.15, -0.1) is 0 Å². The van der Waals surface area contributed by atoms with Crippen molar-refractivity contribution < 1.29 is 4.74 Å². The Labute approximate surface area is 132 Å². The Balaban J connectivity index is 2.03. The molecule has 2 heterocycles. The summed E-state index contributed by atoms with van der Waals surface area (Å²) in [6.45, 7) is 10.4. The van der Waals surface area contributed by atoms with Gasteiger partial charge in [0.1, 0.15) is 5.60 Å². The SMILES string of the molecule is CC(C)(C)Oc1nccc2c(N3CCCNCC3)cccc12. The lowest BCUT2D eigenvalue weighted by Gasteiger charge is -2.25. The second kappa shape index (κ2) is 6.13. The highest BCUT2D eigenvalue weighted by atomic mass is 16.5. The number of hydrogen-bond acceptors (Lipinski definition) is 4. The average molecular weight is 299 g/mol. The molecule has 22 heavy (non-hydrogen) atoms. The number of pyridine rings is 1. The predicted octanol–water partition coefficient (Wildman–Crippen LogP) is 3.21. The third kappa shape index (κ3) is 3.33. The van der Waals surface area contributed by atoms with Crippen LogP contribution in [0.5, 0.6) is 5.88 Å². The normalized spacial score (nSPS) is 16.6. The predicted molar refractivity (Wildman–Crippen MR) is 91.8 cm³/mol. The number of fused-ring (bicyclic) bond motifs is 1. The van der Waals surface area contributed by atoms with E-state index >= 15 is 0 Å². The van der Waals surface area contributed by atoms with E-state index in [4.69, 9.17) is 4.74 Å². The molecule has 0 amide bonds. The zero-order chi connectivity index (χ0) is 15.6. The zero-order valence-electron chi connectivity index (χ0n) is 13.7. The van der Waals surface area contributed by atoms with Crippen LogP contribution in [0.4, 0.5) is 5.69 Å². The molecule has 0 unspecified atom stereocenters. The topological polar surface area (TPSA) is 37.4 Å². The van der Waals surface area contributed by atoms with Gasteiger partial charge in [0, 0.05) is 42.3 Å². The maximum Gasteiger partial charge on any atom is 0.221 e. The molecule has 2 aromatic rings. The number of benzene rings is 1. The van der Waals surface area contributed by atoms with E-state index in [1.807, 2.05) is 6.20 Å². The van der Waals surface area contributed by atoms with E-state index in [1.54, 1.807) is 0 Å². The molecule has 118 valence electrons. The van der Waals surface area contributed by atoms with Gasteiger partial charge in [-0.1, -0.05) is 6.07 Å². The second-order valence-electron chi connectivity index (χ2n) is 6.79. The molecule has 1 aromatic carbocycles. The van der Waals surface area contributed by atoms with Gasteiger partial charge >= 0.3 is 0 Å². The van der Waals surface area contributed by atoms with Crippen molar-refractivity contribution in [3.63, 3.8) is 0 Å². The van der Waals surface area contributed by atoms with E-state index in [0.717, 1.165) is 37.4 Å². The number of ether oxygens (including phenoxy) is 1. The first-order chi connectivity index (χ1) is 10.5. The monoisotopic (exact) mass is 299 g/mol. The molecule has 0 bridgehead atoms. The Morgan fingerprint density at radius 2 is 1.95 bits per heavy atom. The van der Waals surface area contributed by atoms with Crippen LogP contribution < -0.4 is 15.0 Å². The van der Waals surface area contributed by atoms with Crippen LogP contribution in [0.2, 0.25) is 0 Å². The molecule has 1 fully saturated rings.